The minimum Gasteiger partial charge on any atom is -0.495 e. The first kappa shape index (κ1) is 17.1. The highest BCUT2D eigenvalue weighted by Crippen LogP contribution is 2.29. The predicted octanol–water partition coefficient (Wildman–Crippen LogP) is 1.07. The Morgan fingerprint density at radius 3 is 2.88 bits per heavy atom. The number of amides is 1. The van der Waals surface area contributed by atoms with Crippen LogP contribution < -0.4 is 15.4 Å². The Morgan fingerprint density at radius 2 is 2.20 bits per heavy atom. The van der Waals surface area contributed by atoms with Crippen molar-refractivity contribution in [2.24, 2.45) is 0 Å². The molecule has 2 heterocycles. The van der Waals surface area contributed by atoms with Crippen molar-refractivity contribution < 1.29 is 9.53 Å². The molecule has 3 rings (SSSR count). The number of methoxy groups -OCH3 is 1. The molecule has 0 radical (unpaired) electrons. The summed E-state index contributed by atoms with van der Waals surface area (Å²) in [6.07, 6.45) is 0.913. The number of carbonyl (C=O) groups is 1. The summed E-state index contributed by atoms with van der Waals surface area (Å²) in [4.78, 5) is 20.8. The van der Waals surface area contributed by atoms with Crippen LogP contribution in [0.1, 0.15) is 19.2 Å². The number of nitrogens with zero attached hydrogens (tertiary/aromatic N) is 4. The molecule has 8 heteroatoms. The summed E-state index contributed by atoms with van der Waals surface area (Å²) in [5.74, 6) is 1.84. The second kappa shape index (κ2) is 7.42. The average molecular weight is 344 g/mol. The molecule has 3 N–H and O–H groups in total. The number of ether oxygens (including phenoxy) is 1. The highest BCUT2D eigenvalue weighted by atomic mass is 16.5. The third-order valence-corrected chi connectivity index (χ3v) is 4.50. The summed E-state index contributed by atoms with van der Waals surface area (Å²) in [5.41, 5.74) is 6.55. The molecule has 2 aromatic rings. The standard InChI is InChI=1S/C17H24N6O2/c1-12-11-22(13-5-3-4-6-14(13)25-2)9-10-23(12)16(24)8-7-15-19-17(18)21-20-15/h3-6,12H,7-11H2,1-2H3,(H3,18,19,20,21)/t12-/m1/s1. The number of aryl methyl sites for hydroxylation is 1. The van der Waals surface area contributed by atoms with Gasteiger partial charge in [-0.1, -0.05) is 12.1 Å². The van der Waals surface area contributed by atoms with Crippen LogP contribution in [0.4, 0.5) is 11.6 Å². The molecular formula is C17H24N6O2. The van der Waals surface area contributed by atoms with E-state index >= 15 is 0 Å². The van der Waals surface area contributed by atoms with Crippen LogP contribution in [0.25, 0.3) is 0 Å². The zero-order chi connectivity index (χ0) is 17.8. The maximum absolute atomic E-state index is 12.5. The van der Waals surface area contributed by atoms with Gasteiger partial charge in [-0.05, 0) is 19.1 Å². The first-order valence-corrected chi connectivity index (χ1v) is 8.42. The minimum absolute atomic E-state index is 0.127. The molecule has 0 aliphatic carbocycles. The number of piperazine rings is 1. The van der Waals surface area contributed by atoms with Gasteiger partial charge in [-0.15, -0.1) is 5.10 Å². The van der Waals surface area contributed by atoms with E-state index in [9.17, 15) is 4.79 Å². The smallest absolute Gasteiger partial charge is 0.239 e. The largest absolute Gasteiger partial charge is 0.495 e. The Kier molecular flexibility index (Phi) is 5.06. The van der Waals surface area contributed by atoms with E-state index in [1.807, 2.05) is 23.1 Å². The van der Waals surface area contributed by atoms with E-state index in [0.717, 1.165) is 24.5 Å². The third kappa shape index (κ3) is 3.84. The van der Waals surface area contributed by atoms with Crippen LogP contribution in [0.5, 0.6) is 5.75 Å². The summed E-state index contributed by atoms with van der Waals surface area (Å²) >= 11 is 0. The fourth-order valence-electron chi connectivity index (χ4n) is 3.23. The van der Waals surface area contributed by atoms with Crippen LogP contribution in [0.15, 0.2) is 24.3 Å². The van der Waals surface area contributed by atoms with Crippen molar-refractivity contribution in [2.75, 3.05) is 37.4 Å². The van der Waals surface area contributed by atoms with Gasteiger partial charge >= 0.3 is 0 Å². The maximum Gasteiger partial charge on any atom is 0.239 e. The molecule has 1 saturated heterocycles. The fraction of sp³-hybridized carbons (Fsp3) is 0.471. The molecule has 0 unspecified atom stereocenters. The van der Waals surface area contributed by atoms with Crippen LogP contribution in [0.2, 0.25) is 0 Å². The molecule has 25 heavy (non-hydrogen) atoms. The number of nitrogen functional groups attached to an aromatic ring is 1. The lowest BCUT2D eigenvalue weighted by Gasteiger charge is -2.41. The molecule has 0 saturated carbocycles. The monoisotopic (exact) mass is 344 g/mol. The van der Waals surface area contributed by atoms with Gasteiger partial charge in [0.15, 0.2) is 0 Å². The van der Waals surface area contributed by atoms with Crippen LogP contribution in [-0.2, 0) is 11.2 Å². The topological polar surface area (TPSA) is 100 Å². The lowest BCUT2D eigenvalue weighted by atomic mass is 10.1. The Balaban J connectivity index is 1.58. The van der Waals surface area contributed by atoms with Crippen LogP contribution in [0.3, 0.4) is 0 Å². The molecule has 0 bridgehead atoms. The Labute approximate surface area is 147 Å². The number of aromatic amines is 1. The van der Waals surface area contributed by atoms with E-state index in [4.69, 9.17) is 10.5 Å². The number of aromatic nitrogens is 3. The first-order valence-electron chi connectivity index (χ1n) is 8.42. The quantitative estimate of drug-likeness (QED) is 0.841. The highest BCUT2D eigenvalue weighted by Gasteiger charge is 2.28. The number of nitrogens with two attached hydrogens (primary N) is 1. The van der Waals surface area contributed by atoms with Gasteiger partial charge in [0.2, 0.25) is 11.9 Å². The minimum atomic E-state index is 0.127. The number of H-pyrrole nitrogens is 1. The van der Waals surface area contributed by atoms with Crippen molar-refractivity contribution >= 4 is 17.5 Å². The number of nitrogens with one attached hydrogen (secondary N) is 1. The summed E-state index contributed by atoms with van der Waals surface area (Å²) in [6, 6.07) is 8.11. The number of hydrogen-bond donors (Lipinski definition) is 2. The van der Waals surface area contributed by atoms with Gasteiger partial charge in [0.1, 0.15) is 11.6 Å². The van der Waals surface area contributed by atoms with Gasteiger partial charge < -0.3 is 20.3 Å². The Hall–Kier alpha value is -2.77. The molecule has 1 aromatic carbocycles. The van der Waals surface area contributed by atoms with Crippen molar-refractivity contribution in [3.63, 3.8) is 0 Å². The average Bonchev–Trinajstić information content (AvgIpc) is 3.05. The second-order valence-electron chi connectivity index (χ2n) is 6.19. The van der Waals surface area contributed by atoms with E-state index in [-0.39, 0.29) is 17.9 Å². The van der Waals surface area contributed by atoms with E-state index < -0.39 is 0 Å². The molecule has 1 fully saturated rings. The molecule has 8 nitrogen and oxygen atoms in total. The molecule has 134 valence electrons. The van der Waals surface area contributed by atoms with Gasteiger partial charge in [0.05, 0.1) is 12.8 Å². The summed E-state index contributed by atoms with van der Waals surface area (Å²) < 4.78 is 5.45. The van der Waals surface area contributed by atoms with Crippen molar-refractivity contribution in [2.45, 2.75) is 25.8 Å². The number of anilines is 2. The number of carbonyl (C=O) groups excluding carboxylic acids is 1. The summed E-state index contributed by atoms with van der Waals surface area (Å²) in [7, 11) is 1.68. The molecule has 1 atom stereocenters. The van der Waals surface area contributed by atoms with Crippen molar-refractivity contribution in [3.8, 4) is 5.75 Å². The Bertz CT molecular complexity index is 731. The molecular weight excluding hydrogens is 320 g/mol. The highest BCUT2D eigenvalue weighted by molar-refractivity contribution is 5.77. The fourth-order valence-corrected chi connectivity index (χ4v) is 3.23. The summed E-state index contributed by atoms with van der Waals surface area (Å²) in [5, 5.41) is 6.52. The van der Waals surface area contributed by atoms with E-state index in [2.05, 4.69) is 33.1 Å². The van der Waals surface area contributed by atoms with Crippen LogP contribution in [0, 0.1) is 0 Å². The molecule has 1 aliphatic heterocycles. The zero-order valence-corrected chi connectivity index (χ0v) is 14.6. The lowest BCUT2D eigenvalue weighted by molar-refractivity contribution is -0.133. The SMILES string of the molecule is COc1ccccc1N1CCN(C(=O)CCc2nc(N)n[nH]2)[C@H](C)C1. The number of para-hydroxylation sites is 2. The molecule has 0 spiro atoms. The normalized spacial score (nSPS) is 17.6. The van der Waals surface area contributed by atoms with Crippen LogP contribution >= 0.6 is 0 Å². The molecule has 1 aromatic heterocycles. The third-order valence-electron chi connectivity index (χ3n) is 4.50. The van der Waals surface area contributed by atoms with E-state index in [0.29, 0.717) is 25.2 Å². The van der Waals surface area contributed by atoms with E-state index in [1.165, 1.54) is 0 Å². The van der Waals surface area contributed by atoms with E-state index in [1.54, 1.807) is 7.11 Å². The zero-order valence-electron chi connectivity index (χ0n) is 14.6. The van der Waals surface area contributed by atoms with Crippen molar-refractivity contribution in [1.82, 2.24) is 20.1 Å². The van der Waals surface area contributed by atoms with Gasteiger partial charge in [0, 0.05) is 38.5 Å². The molecule has 1 aliphatic rings. The number of benzene rings is 1. The predicted molar refractivity (Wildman–Crippen MR) is 95.5 cm³/mol. The summed E-state index contributed by atoms with van der Waals surface area (Å²) in [6.45, 7) is 4.33. The molecule has 1 amide bonds. The van der Waals surface area contributed by atoms with Gasteiger partial charge in [-0.2, -0.15) is 4.98 Å². The van der Waals surface area contributed by atoms with Gasteiger partial charge in [-0.25, -0.2) is 0 Å². The number of rotatable bonds is 5. The van der Waals surface area contributed by atoms with Crippen molar-refractivity contribution in [3.05, 3.63) is 30.1 Å². The van der Waals surface area contributed by atoms with Gasteiger partial charge in [0.25, 0.3) is 0 Å². The maximum atomic E-state index is 12.5. The number of hydrogen-bond acceptors (Lipinski definition) is 6. The lowest BCUT2D eigenvalue weighted by Crippen LogP contribution is -2.54. The van der Waals surface area contributed by atoms with Gasteiger partial charge in [-0.3, -0.25) is 9.89 Å². The Morgan fingerprint density at radius 1 is 1.40 bits per heavy atom. The first-order chi connectivity index (χ1) is 12.1. The van der Waals surface area contributed by atoms with Crippen LogP contribution in [-0.4, -0.2) is 58.8 Å². The second-order valence-corrected chi connectivity index (χ2v) is 6.19. The van der Waals surface area contributed by atoms with Crippen molar-refractivity contribution in [1.29, 1.82) is 0 Å².